The first kappa shape index (κ1) is 19.5. The molecule has 8 heteroatoms. The molecule has 2 aromatic carbocycles. The number of carbonyl (C=O) groups excluding carboxylic acids is 2. The Labute approximate surface area is 177 Å². The topological polar surface area (TPSA) is 67.9 Å². The van der Waals surface area contributed by atoms with Crippen LogP contribution in [0.25, 0.3) is 6.08 Å². The summed E-state index contributed by atoms with van der Waals surface area (Å²) in [6.07, 6.45) is 2.26. The van der Waals surface area contributed by atoms with Gasteiger partial charge in [0.05, 0.1) is 10.9 Å². The minimum atomic E-state index is -0.274. The van der Waals surface area contributed by atoms with Gasteiger partial charge in [0.25, 0.3) is 5.91 Å². The molecule has 2 fully saturated rings. The van der Waals surface area contributed by atoms with Gasteiger partial charge in [-0.15, -0.1) is 0 Å². The van der Waals surface area contributed by atoms with Gasteiger partial charge in [0.1, 0.15) is 22.4 Å². The number of hydrogen-bond acceptors (Lipinski definition) is 6. The Kier molecular flexibility index (Phi) is 5.55. The van der Waals surface area contributed by atoms with Crippen LogP contribution < -0.4 is 10.1 Å². The molecule has 2 heterocycles. The Morgan fingerprint density at radius 1 is 1.17 bits per heavy atom. The maximum atomic E-state index is 11.7. The molecule has 0 aliphatic carbocycles. The molecule has 1 atom stereocenters. The molecule has 1 unspecified atom stereocenters. The first-order valence-corrected chi connectivity index (χ1v) is 10.2. The largest absolute Gasteiger partial charge is 0.457 e. The second-order valence-corrected chi connectivity index (χ2v) is 8.43. The average molecular weight is 427 g/mol. The molecule has 0 radical (unpaired) electrons. The normalized spacial score (nSPS) is 20.2. The van der Waals surface area contributed by atoms with Gasteiger partial charge in [0, 0.05) is 7.05 Å². The lowest BCUT2D eigenvalue weighted by molar-refractivity contribution is -0.115. The molecule has 2 aliphatic rings. The third kappa shape index (κ3) is 4.60. The number of nitrogens with one attached hydrogen (secondary N) is 1. The Bertz CT molecular complexity index is 987. The monoisotopic (exact) mass is 426 g/mol. The number of amides is 2. The number of benzene rings is 2. The summed E-state index contributed by atoms with van der Waals surface area (Å²) >= 11 is 6.25. The number of rotatable bonds is 5. The molecular formula is C21H18N2O4S2. The van der Waals surface area contributed by atoms with Crippen LogP contribution in [0, 0.1) is 0 Å². The van der Waals surface area contributed by atoms with Crippen molar-refractivity contribution in [3.63, 3.8) is 0 Å². The number of cyclic esters (lactones) is 1. The second-order valence-electron chi connectivity index (χ2n) is 6.71. The first-order valence-electron chi connectivity index (χ1n) is 8.99. The van der Waals surface area contributed by atoms with Crippen LogP contribution in [0.2, 0.25) is 0 Å². The van der Waals surface area contributed by atoms with Crippen molar-refractivity contribution < 1.29 is 19.1 Å². The minimum absolute atomic E-state index is 0.0606. The molecule has 2 aromatic rings. The fraction of sp³-hybridized carbons (Fsp3) is 0.190. The van der Waals surface area contributed by atoms with E-state index in [2.05, 4.69) is 5.32 Å². The fourth-order valence-electron chi connectivity index (χ4n) is 3.03. The Morgan fingerprint density at radius 2 is 1.83 bits per heavy atom. The van der Waals surface area contributed by atoms with Crippen molar-refractivity contribution in [1.29, 1.82) is 0 Å². The smallest absolute Gasteiger partial charge is 0.409 e. The third-order valence-electron chi connectivity index (χ3n) is 4.69. The van der Waals surface area contributed by atoms with Gasteiger partial charge in [-0.25, -0.2) is 4.79 Å². The molecule has 4 rings (SSSR count). The molecule has 0 bridgehead atoms. The van der Waals surface area contributed by atoms with Crippen molar-refractivity contribution in [1.82, 2.24) is 10.2 Å². The van der Waals surface area contributed by atoms with E-state index in [9.17, 15) is 9.59 Å². The zero-order chi connectivity index (χ0) is 20.4. The maximum Gasteiger partial charge on any atom is 0.409 e. The summed E-state index contributed by atoms with van der Waals surface area (Å²) in [7, 11) is 1.75. The number of thioether (sulfide) groups is 1. The number of carbonyl (C=O) groups is 2. The highest BCUT2D eigenvalue weighted by Gasteiger charge is 2.29. The molecule has 0 saturated carbocycles. The molecule has 0 aromatic heterocycles. The van der Waals surface area contributed by atoms with Gasteiger partial charge in [-0.05, 0) is 47.9 Å². The van der Waals surface area contributed by atoms with Crippen LogP contribution in [-0.2, 0) is 16.0 Å². The quantitative estimate of drug-likeness (QED) is 0.577. The third-order valence-corrected chi connectivity index (χ3v) is 5.85. The zero-order valence-corrected chi connectivity index (χ0v) is 17.2. The van der Waals surface area contributed by atoms with E-state index in [4.69, 9.17) is 21.7 Å². The van der Waals surface area contributed by atoms with Crippen LogP contribution in [0.1, 0.15) is 11.1 Å². The average Bonchev–Trinajstić information content (AvgIpc) is 3.19. The van der Waals surface area contributed by atoms with Crippen molar-refractivity contribution in [3.05, 3.63) is 64.6 Å². The summed E-state index contributed by atoms with van der Waals surface area (Å²) < 4.78 is 11.4. The van der Waals surface area contributed by atoms with Gasteiger partial charge in [-0.3, -0.25) is 4.79 Å². The van der Waals surface area contributed by atoms with E-state index in [-0.39, 0.29) is 18.0 Å². The van der Waals surface area contributed by atoms with E-state index >= 15 is 0 Å². The van der Waals surface area contributed by atoms with Crippen LogP contribution in [0.3, 0.4) is 0 Å². The summed E-state index contributed by atoms with van der Waals surface area (Å²) in [5.41, 5.74) is 2.01. The van der Waals surface area contributed by atoms with E-state index in [0.29, 0.717) is 21.6 Å². The van der Waals surface area contributed by atoms with E-state index in [1.54, 1.807) is 18.0 Å². The first-order chi connectivity index (χ1) is 14.0. The molecular weight excluding hydrogens is 408 g/mol. The summed E-state index contributed by atoms with van der Waals surface area (Å²) in [6.45, 7) is 0.419. The maximum absolute atomic E-state index is 11.7. The number of likely N-dealkylation sites (N-methyl/N-ethyl adjacent to an activating group) is 1. The lowest BCUT2D eigenvalue weighted by Crippen LogP contribution is -2.30. The summed E-state index contributed by atoms with van der Waals surface area (Å²) in [4.78, 5) is 25.4. The van der Waals surface area contributed by atoms with Crippen LogP contribution in [0.15, 0.2) is 53.4 Å². The van der Waals surface area contributed by atoms with Crippen LogP contribution in [0.5, 0.6) is 11.5 Å². The van der Waals surface area contributed by atoms with Gasteiger partial charge in [-0.2, -0.15) is 0 Å². The predicted octanol–water partition coefficient (Wildman–Crippen LogP) is 3.96. The van der Waals surface area contributed by atoms with Crippen molar-refractivity contribution in [2.45, 2.75) is 12.5 Å². The lowest BCUT2D eigenvalue weighted by Gasteiger charge is -2.16. The van der Waals surface area contributed by atoms with Crippen molar-refractivity contribution in [2.75, 3.05) is 13.7 Å². The summed E-state index contributed by atoms with van der Waals surface area (Å²) in [5, 5.41) is 2.60. The number of hydrogen-bond donors (Lipinski definition) is 1. The van der Waals surface area contributed by atoms with Gasteiger partial charge >= 0.3 is 6.09 Å². The van der Waals surface area contributed by atoms with E-state index < -0.39 is 0 Å². The van der Waals surface area contributed by atoms with Crippen molar-refractivity contribution in [2.24, 2.45) is 0 Å². The number of ether oxygens (including phenoxy) is 2. The molecule has 1 N–H and O–H groups in total. The molecule has 6 nitrogen and oxygen atoms in total. The second kappa shape index (κ2) is 8.26. The molecule has 29 heavy (non-hydrogen) atoms. The van der Waals surface area contributed by atoms with Gasteiger partial charge in [0.2, 0.25) is 0 Å². The summed E-state index contributed by atoms with van der Waals surface area (Å²) in [5.74, 6) is 1.26. The van der Waals surface area contributed by atoms with Crippen molar-refractivity contribution >= 4 is 46.4 Å². The number of thiocarbonyl (C=S) groups is 1. The van der Waals surface area contributed by atoms with Gasteiger partial charge in [0.15, 0.2) is 0 Å². The van der Waals surface area contributed by atoms with Crippen LogP contribution in [0.4, 0.5) is 4.79 Å². The Hall–Kier alpha value is -2.84. The van der Waals surface area contributed by atoms with Gasteiger partial charge in [-0.1, -0.05) is 48.2 Å². The fourth-order valence-corrected chi connectivity index (χ4v) is 4.08. The Balaban J connectivity index is 1.37. The SMILES string of the molecule is CN1C(=O)OCC1Cc1ccc(Oc2ccc(C=C3SC(=S)NC3=O)cc2)cc1. The van der Waals surface area contributed by atoms with Crippen molar-refractivity contribution in [3.8, 4) is 11.5 Å². The van der Waals surface area contributed by atoms with Crippen LogP contribution >= 0.6 is 24.0 Å². The molecule has 2 amide bonds. The van der Waals surface area contributed by atoms with Gasteiger partial charge < -0.3 is 19.7 Å². The van der Waals surface area contributed by atoms with E-state index in [1.807, 2.05) is 48.5 Å². The minimum Gasteiger partial charge on any atom is -0.457 e. The highest BCUT2D eigenvalue weighted by atomic mass is 32.2. The van der Waals surface area contributed by atoms with E-state index in [1.165, 1.54) is 11.8 Å². The molecule has 2 saturated heterocycles. The lowest BCUT2D eigenvalue weighted by atomic mass is 10.1. The number of nitrogens with zero attached hydrogens (tertiary/aromatic N) is 1. The highest BCUT2D eigenvalue weighted by molar-refractivity contribution is 8.26. The van der Waals surface area contributed by atoms with Crippen LogP contribution in [-0.4, -0.2) is 40.9 Å². The zero-order valence-electron chi connectivity index (χ0n) is 15.6. The molecule has 0 spiro atoms. The standard InChI is InChI=1S/C21H18N2O4S2/c1-23-15(12-26-21(23)25)10-13-2-6-16(7-3-13)27-17-8-4-14(5-9-17)11-18-19(24)22-20(28)29-18/h2-9,11,15H,10,12H2,1H3,(H,22,24,28). The highest BCUT2D eigenvalue weighted by Crippen LogP contribution is 2.27. The Morgan fingerprint density at radius 3 is 2.38 bits per heavy atom. The molecule has 148 valence electrons. The van der Waals surface area contributed by atoms with E-state index in [0.717, 1.165) is 23.3 Å². The molecule has 2 aliphatic heterocycles. The summed E-state index contributed by atoms with van der Waals surface area (Å²) in [6, 6.07) is 15.3. The predicted molar refractivity (Wildman–Crippen MR) is 116 cm³/mol.